The van der Waals surface area contributed by atoms with E-state index in [1.807, 2.05) is 19.9 Å². The van der Waals surface area contributed by atoms with Gasteiger partial charge in [0.15, 0.2) is 5.67 Å². The molecular formula is C24H29F2N7O2. The SMILES string of the molecule is CC(C)c1cnc(C(=O)NCCF)c2cnc(Nc3ccnc(N4CC[C@@H](O)[C@@](C)(F)C4)n3)cc12. The summed E-state index contributed by atoms with van der Waals surface area (Å²) in [5.41, 5.74) is -0.631. The molecule has 0 aromatic carbocycles. The van der Waals surface area contributed by atoms with Crippen molar-refractivity contribution in [2.45, 2.75) is 44.9 Å². The molecule has 3 aromatic rings. The third-order valence-corrected chi connectivity index (χ3v) is 6.07. The first-order valence-electron chi connectivity index (χ1n) is 11.5. The molecule has 0 radical (unpaired) electrons. The first-order valence-corrected chi connectivity index (χ1v) is 11.5. The Hall–Kier alpha value is -3.47. The van der Waals surface area contributed by atoms with Crippen molar-refractivity contribution in [1.29, 1.82) is 0 Å². The van der Waals surface area contributed by atoms with Gasteiger partial charge in [-0.25, -0.2) is 18.7 Å². The molecule has 0 unspecified atom stereocenters. The third kappa shape index (κ3) is 5.29. The molecule has 0 aliphatic carbocycles. The van der Waals surface area contributed by atoms with Crippen LogP contribution in [-0.2, 0) is 0 Å². The van der Waals surface area contributed by atoms with Crippen LogP contribution in [0, 0.1) is 0 Å². The second-order valence-corrected chi connectivity index (χ2v) is 9.15. The van der Waals surface area contributed by atoms with Crippen molar-refractivity contribution in [2.24, 2.45) is 0 Å². The molecule has 35 heavy (non-hydrogen) atoms. The van der Waals surface area contributed by atoms with Crippen molar-refractivity contribution < 1.29 is 18.7 Å². The second-order valence-electron chi connectivity index (χ2n) is 9.15. The maximum Gasteiger partial charge on any atom is 0.270 e. The fourth-order valence-corrected chi connectivity index (χ4v) is 4.12. The molecule has 4 rings (SSSR count). The van der Waals surface area contributed by atoms with Gasteiger partial charge in [-0.15, -0.1) is 0 Å². The van der Waals surface area contributed by atoms with Crippen molar-refractivity contribution in [3.05, 3.63) is 42.0 Å². The van der Waals surface area contributed by atoms with Crippen LogP contribution in [0.1, 0.15) is 49.2 Å². The number of carbonyl (C=O) groups is 1. The van der Waals surface area contributed by atoms with E-state index in [9.17, 15) is 18.7 Å². The van der Waals surface area contributed by atoms with Gasteiger partial charge in [0.25, 0.3) is 5.91 Å². The maximum absolute atomic E-state index is 14.6. The van der Waals surface area contributed by atoms with Crippen molar-refractivity contribution in [3.63, 3.8) is 0 Å². The van der Waals surface area contributed by atoms with Crippen molar-refractivity contribution in [2.75, 3.05) is 36.5 Å². The molecule has 0 bridgehead atoms. The van der Waals surface area contributed by atoms with Gasteiger partial charge in [0.05, 0.1) is 12.6 Å². The predicted molar refractivity (Wildman–Crippen MR) is 130 cm³/mol. The molecule has 1 amide bonds. The Morgan fingerprint density at radius 1 is 1.26 bits per heavy atom. The van der Waals surface area contributed by atoms with Crippen LogP contribution in [0.25, 0.3) is 10.8 Å². The maximum atomic E-state index is 14.6. The first-order chi connectivity index (χ1) is 16.7. The van der Waals surface area contributed by atoms with Crippen LogP contribution in [0.3, 0.4) is 0 Å². The number of nitrogens with one attached hydrogen (secondary N) is 2. The van der Waals surface area contributed by atoms with Gasteiger partial charge in [-0.1, -0.05) is 13.8 Å². The van der Waals surface area contributed by atoms with Gasteiger partial charge in [-0.3, -0.25) is 9.78 Å². The highest BCUT2D eigenvalue weighted by atomic mass is 19.1. The van der Waals surface area contributed by atoms with Crippen LogP contribution in [0.4, 0.5) is 26.4 Å². The Labute approximate surface area is 202 Å². The zero-order chi connectivity index (χ0) is 25.2. The molecule has 1 aliphatic heterocycles. The average Bonchev–Trinajstić information content (AvgIpc) is 2.83. The molecule has 0 spiro atoms. The zero-order valence-electron chi connectivity index (χ0n) is 19.9. The Bertz CT molecular complexity index is 1220. The van der Waals surface area contributed by atoms with Crippen LogP contribution >= 0.6 is 0 Å². The largest absolute Gasteiger partial charge is 0.390 e. The highest BCUT2D eigenvalue weighted by Crippen LogP contribution is 2.30. The number of hydrogen-bond acceptors (Lipinski definition) is 8. The number of aliphatic hydroxyl groups is 1. The molecule has 4 heterocycles. The van der Waals surface area contributed by atoms with Crippen LogP contribution in [0.2, 0.25) is 0 Å². The van der Waals surface area contributed by atoms with E-state index in [0.29, 0.717) is 29.5 Å². The molecule has 2 atom stereocenters. The number of aliphatic hydroxyl groups excluding tert-OH is 1. The van der Waals surface area contributed by atoms with Gasteiger partial charge in [0.2, 0.25) is 5.95 Å². The summed E-state index contributed by atoms with van der Waals surface area (Å²) >= 11 is 0. The fraction of sp³-hybridized carbons (Fsp3) is 0.458. The number of rotatable bonds is 7. The normalized spacial score (nSPS) is 20.3. The predicted octanol–water partition coefficient (Wildman–Crippen LogP) is 3.29. The Kier molecular flexibility index (Phi) is 7.06. The first kappa shape index (κ1) is 24.6. The minimum absolute atomic E-state index is 0.0101. The van der Waals surface area contributed by atoms with Gasteiger partial charge in [-0.05, 0) is 42.3 Å². The lowest BCUT2D eigenvalue weighted by Gasteiger charge is -2.38. The number of alkyl halides is 2. The number of pyridine rings is 2. The lowest BCUT2D eigenvalue weighted by molar-refractivity contribution is -0.00860. The standard InChI is InChI=1S/C24H29F2N7O2/c1-14(2)16-11-30-21(22(35)27-8-6-25)17-12-29-20(10-15(16)17)31-19-4-7-28-23(32-19)33-9-5-18(34)24(3,26)13-33/h4,7,10-12,14,18,34H,5-6,8-9,13H2,1-3H3,(H,27,35)(H,28,29,31,32)/t18-,24+/m1/s1. The minimum Gasteiger partial charge on any atom is -0.390 e. The molecular weight excluding hydrogens is 456 g/mol. The Balaban J connectivity index is 1.63. The molecule has 1 aliphatic rings. The molecule has 3 N–H and O–H groups in total. The number of anilines is 3. The van der Waals surface area contributed by atoms with Crippen molar-refractivity contribution in [1.82, 2.24) is 25.3 Å². The van der Waals surface area contributed by atoms with Gasteiger partial charge < -0.3 is 20.6 Å². The van der Waals surface area contributed by atoms with Gasteiger partial charge in [0, 0.05) is 37.1 Å². The lowest BCUT2D eigenvalue weighted by Crippen LogP contribution is -2.52. The number of hydrogen-bond donors (Lipinski definition) is 3. The van der Waals surface area contributed by atoms with Gasteiger partial charge in [0.1, 0.15) is 24.0 Å². The summed E-state index contributed by atoms with van der Waals surface area (Å²) in [6, 6.07) is 3.49. The summed E-state index contributed by atoms with van der Waals surface area (Å²) in [4.78, 5) is 31.7. The average molecular weight is 486 g/mol. The van der Waals surface area contributed by atoms with E-state index in [4.69, 9.17) is 0 Å². The second kappa shape index (κ2) is 10.0. The van der Waals surface area contributed by atoms with E-state index in [2.05, 4.69) is 30.6 Å². The van der Waals surface area contributed by atoms with E-state index in [-0.39, 0.29) is 31.1 Å². The molecule has 1 saturated heterocycles. The van der Waals surface area contributed by atoms with Crippen LogP contribution in [0.15, 0.2) is 30.7 Å². The number of fused-ring (bicyclic) bond motifs is 1. The Morgan fingerprint density at radius 2 is 2.06 bits per heavy atom. The molecule has 1 fully saturated rings. The Morgan fingerprint density at radius 3 is 2.77 bits per heavy atom. The van der Waals surface area contributed by atoms with E-state index in [1.54, 1.807) is 29.6 Å². The topological polar surface area (TPSA) is 116 Å². The number of carbonyl (C=O) groups excluding carboxylic acids is 1. The van der Waals surface area contributed by atoms with Gasteiger partial charge >= 0.3 is 0 Å². The quantitative estimate of drug-likeness (QED) is 0.467. The summed E-state index contributed by atoms with van der Waals surface area (Å²) in [7, 11) is 0. The van der Waals surface area contributed by atoms with Gasteiger partial charge in [-0.2, -0.15) is 4.98 Å². The number of piperidine rings is 1. The summed E-state index contributed by atoms with van der Waals surface area (Å²) in [6.45, 7) is 5.10. The fourth-order valence-electron chi connectivity index (χ4n) is 4.12. The number of halogens is 2. The monoisotopic (exact) mass is 485 g/mol. The molecule has 11 heteroatoms. The summed E-state index contributed by atoms with van der Waals surface area (Å²) in [5, 5.41) is 16.9. The van der Waals surface area contributed by atoms with Crippen LogP contribution < -0.4 is 15.5 Å². The smallest absolute Gasteiger partial charge is 0.270 e. The van der Waals surface area contributed by atoms with E-state index < -0.39 is 24.4 Å². The molecule has 9 nitrogen and oxygen atoms in total. The number of aromatic nitrogens is 4. The summed E-state index contributed by atoms with van der Waals surface area (Å²) in [6.07, 6.45) is 4.05. The van der Waals surface area contributed by atoms with Crippen LogP contribution in [-0.4, -0.2) is 69.0 Å². The summed E-state index contributed by atoms with van der Waals surface area (Å²) < 4.78 is 27.1. The van der Waals surface area contributed by atoms with E-state index in [0.717, 1.165) is 10.9 Å². The molecule has 0 saturated carbocycles. The molecule has 186 valence electrons. The minimum atomic E-state index is -1.75. The van der Waals surface area contributed by atoms with E-state index >= 15 is 0 Å². The zero-order valence-corrected chi connectivity index (χ0v) is 19.9. The molecule has 3 aromatic heterocycles. The lowest BCUT2D eigenvalue weighted by atomic mass is 9.94. The number of amides is 1. The highest BCUT2D eigenvalue weighted by Gasteiger charge is 2.39. The van der Waals surface area contributed by atoms with Crippen LogP contribution in [0.5, 0.6) is 0 Å². The van der Waals surface area contributed by atoms with Crippen molar-refractivity contribution in [3.8, 4) is 0 Å². The number of nitrogens with zero attached hydrogens (tertiary/aromatic N) is 5. The summed E-state index contributed by atoms with van der Waals surface area (Å²) in [5.74, 6) is 0.991. The van der Waals surface area contributed by atoms with E-state index in [1.165, 1.54) is 6.92 Å². The highest BCUT2D eigenvalue weighted by molar-refractivity contribution is 6.06. The van der Waals surface area contributed by atoms with Crippen molar-refractivity contribution >= 4 is 34.3 Å². The third-order valence-electron chi connectivity index (χ3n) is 6.07.